The van der Waals surface area contributed by atoms with E-state index in [4.69, 9.17) is 5.11 Å². The zero-order valence-electron chi connectivity index (χ0n) is 11.3. The summed E-state index contributed by atoms with van der Waals surface area (Å²) in [5.41, 5.74) is 0.276. The molecule has 0 saturated carbocycles. The molecule has 0 aromatic heterocycles. The summed E-state index contributed by atoms with van der Waals surface area (Å²) in [6, 6.07) is 2.35. The number of carbonyl (C=O) groups is 1. The fraction of sp³-hybridized carbons (Fsp3) is 0.364. The summed E-state index contributed by atoms with van der Waals surface area (Å²) >= 11 is 3.10. The van der Waals surface area contributed by atoms with Gasteiger partial charge in [0.15, 0.2) is 0 Å². The number of benzene rings is 1. The van der Waals surface area contributed by atoms with Gasteiger partial charge in [-0.1, -0.05) is 0 Å². The molecule has 10 heteroatoms. The largest absolute Gasteiger partial charge is 0.478 e. The van der Waals surface area contributed by atoms with Gasteiger partial charge < -0.3 is 5.11 Å². The Bertz CT molecular complexity index is 770. The van der Waals surface area contributed by atoms with Crippen molar-refractivity contribution < 1.29 is 26.7 Å². The minimum atomic E-state index is -4.02. The minimum Gasteiger partial charge on any atom is -0.478 e. The second-order valence-corrected chi connectivity index (χ2v) is 9.23. The predicted octanol–water partition coefficient (Wildman–Crippen LogP) is 0.779. The highest BCUT2D eigenvalue weighted by atomic mass is 79.9. The lowest BCUT2D eigenvalue weighted by molar-refractivity contribution is 0.0696. The number of aromatic carboxylic acids is 1. The average Bonchev–Trinajstić information content (AvgIpc) is 2.29. The van der Waals surface area contributed by atoms with E-state index in [1.807, 2.05) is 0 Å². The van der Waals surface area contributed by atoms with E-state index in [2.05, 4.69) is 20.7 Å². The topological polar surface area (TPSA) is 118 Å². The van der Waals surface area contributed by atoms with E-state index in [1.54, 1.807) is 6.92 Å². The van der Waals surface area contributed by atoms with Gasteiger partial charge in [0.1, 0.15) is 9.84 Å². The monoisotopic (exact) mass is 399 g/mol. The average molecular weight is 400 g/mol. The Balaban J connectivity index is 3.16. The van der Waals surface area contributed by atoms with Crippen molar-refractivity contribution in [2.24, 2.45) is 0 Å². The summed E-state index contributed by atoms with van der Waals surface area (Å²) in [5.74, 6) is -1.60. The number of carboxylic acids is 1. The summed E-state index contributed by atoms with van der Waals surface area (Å²) < 4.78 is 48.6. The van der Waals surface area contributed by atoms with Crippen LogP contribution < -0.4 is 4.72 Å². The highest BCUT2D eigenvalue weighted by molar-refractivity contribution is 9.10. The normalized spacial score (nSPS) is 12.3. The maximum atomic E-state index is 12.1. The lowest BCUT2D eigenvalue weighted by atomic mass is 10.1. The minimum absolute atomic E-state index is 0.167. The van der Waals surface area contributed by atoms with E-state index < -0.39 is 25.8 Å². The molecule has 118 valence electrons. The van der Waals surface area contributed by atoms with E-state index in [0.717, 1.165) is 12.3 Å². The molecule has 21 heavy (non-hydrogen) atoms. The first kappa shape index (κ1) is 18.1. The van der Waals surface area contributed by atoms with Crippen molar-refractivity contribution in [3.63, 3.8) is 0 Å². The van der Waals surface area contributed by atoms with Gasteiger partial charge in [-0.2, -0.15) is 0 Å². The Labute approximate surface area is 131 Å². The molecule has 0 aliphatic carbocycles. The van der Waals surface area contributed by atoms with E-state index in [9.17, 15) is 21.6 Å². The van der Waals surface area contributed by atoms with Crippen molar-refractivity contribution in [2.75, 3.05) is 18.6 Å². The number of halogens is 1. The molecular formula is C11H14BrNO6S2. The second kappa shape index (κ2) is 6.42. The number of nitrogens with one attached hydrogen (secondary N) is 1. The zero-order valence-corrected chi connectivity index (χ0v) is 14.5. The van der Waals surface area contributed by atoms with Crippen LogP contribution in [0.3, 0.4) is 0 Å². The molecule has 0 amide bonds. The van der Waals surface area contributed by atoms with Crippen molar-refractivity contribution >= 4 is 41.8 Å². The van der Waals surface area contributed by atoms with Gasteiger partial charge in [0, 0.05) is 17.3 Å². The molecule has 0 heterocycles. The fourth-order valence-corrected chi connectivity index (χ4v) is 4.17. The van der Waals surface area contributed by atoms with Crippen molar-refractivity contribution in [2.45, 2.75) is 11.8 Å². The molecule has 0 aliphatic rings. The molecule has 0 unspecified atom stereocenters. The van der Waals surface area contributed by atoms with Crippen molar-refractivity contribution in [1.29, 1.82) is 0 Å². The second-order valence-electron chi connectivity index (χ2n) is 4.44. The van der Waals surface area contributed by atoms with Crippen LogP contribution in [0.15, 0.2) is 21.5 Å². The Morgan fingerprint density at radius 1 is 1.29 bits per heavy atom. The molecule has 1 rings (SSSR count). The van der Waals surface area contributed by atoms with Crippen molar-refractivity contribution in [3.8, 4) is 0 Å². The molecule has 0 spiro atoms. The van der Waals surface area contributed by atoms with Gasteiger partial charge >= 0.3 is 5.97 Å². The fourth-order valence-electron chi connectivity index (χ4n) is 1.50. The van der Waals surface area contributed by atoms with Crippen LogP contribution in [-0.4, -0.2) is 46.5 Å². The van der Waals surface area contributed by atoms with Crippen molar-refractivity contribution in [3.05, 3.63) is 27.7 Å². The van der Waals surface area contributed by atoms with Gasteiger partial charge in [-0.05, 0) is 40.5 Å². The molecule has 0 atom stereocenters. The molecule has 1 aromatic carbocycles. The number of rotatable bonds is 6. The number of sulfone groups is 1. The number of carboxylic acid groups (broad SMARTS) is 1. The summed E-state index contributed by atoms with van der Waals surface area (Å²) in [4.78, 5) is 10.7. The Morgan fingerprint density at radius 3 is 2.33 bits per heavy atom. The molecule has 2 N–H and O–H groups in total. The third-order valence-corrected chi connectivity index (χ3v) is 6.27. The van der Waals surface area contributed by atoms with Crippen LogP contribution in [0.5, 0.6) is 0 Å². The number of sulfonamides is 1. The highest BCUT2D eigenvalue weighted by Crippen LogP contribution is 2.27. The molecule has 0 fully saturated rings. The lowest BCUT2D eigenvalue weighted by Crippen LogP contribution is -2.29. The van der Waals surface area contributed by atoms with Crippen LogP contribution >= 0.6 is 15.9 Å². The van der Waals surface area contributed by atoms with Crippen LogP contribution in [0.25, 0.3) is 0 Å². The van der Waals surface area contributed by atoms with Crippen molar-refractivity contribution in [1.82, 2.24) is 4.72 Å². The van der Waals surface area contributed by atoms with Crippen LogP contribution in [0.1, 0.15) is 15.9 Å². The highest BCUT2D eigenvalue weighted by Gasteiger charge is 2.21. The van der Waals surface area contributed by atoms with Gasteiger partial charge in [-0.15, -0.1) is 0 Å². The summed E-state index contributed by atoms with van der Waals surface area (Å²) in [6.45, 7) is 1.27. The van der Waals surface area contributed by atoms with Gasteiger partial charge in [0.2, 0.25) is 10.0 Å². The first-order valence-electron chi connectivity index (χ1n) is 5.65. The van der Waals surface area contributed by atoms with Crippen LogP contribution in [0.4, 0.5) is 0 Å². The standard InChI is InChI=1S/C11H14BrNO6S2/c1-7-5-8(11(14)15)6-9(10(7)12)21(18,19)13-3-4-20(2,16)17/h5-6,13H,3-4H2,1-2H3,(H,14,15). The van der Waals surface area contributed by atoms with Gasteiger partial charge in [0.05, 0.1) is 16.2 Å². The summed E-state index contributed by atoms with van der Waals surface area (Å²) in [7, 11) is -7.32. The molecule has 7 nitrogen and oxygen atoms in total. The molecular weight excluding hydrogens is 386 g/mol. The number of hydrogen-bond acceptors (Lipinski definition) is 5. The van der Waals surface area contributed by atoms with E-state index in [0.29, 0.717) is 5.56 Å². The zero-order chi connectivity index (χ0) is 16.4. The number of aryl methyl sites for hydroxylation is 1. The predicted molar refractivity (Wildman–Crippen MR) is 80.7 cm³/mol. The number of hydrogen-bond donors (Lipinski definition) is 2. The first-order chi connectivity index (χ1) is 9.44. The van der Waals surface area contributed by atoms with E-state index in [1.165, 1.54) is 6.07 Å². The summed E-state index contributed by atoms with van der Waals surface area (Å²) in [5, 5.41) is 8.96. The van der Waals surface area contributed by atoms with Crippen LogP contribution in [-0.2, 0) is 19.9 Å². The third kappa shape index (κ3) is 5.06. The maximum absolute atomic E-state index is 12.1. The lowest BCUT2D eigenvalue weighted by Gasteiger charge is -2.11. The molecule has 1 aromatic rings. The Kier molecular flexibility index (Phi) is 5.53. The Hall–Kier alpha value is -0.970. The molecule has 0 bridgehead atoms. The first-order valence-corrected chi connectivity index (χ1v) is 9.98. The van der Waals surface area contributed by atoms with Crippen LogP contribution in [0, 0.1) is 6.92 Å². The molecule has 0 saturated heterocycles. The molecule has 0 radical (unpaired) electrons. The van der Waals surface area contributed by atoms with Gasteiger partial charge in [0.25, 0.3) is 0 Å². The van der Waals surface area contributed by atoms with Crippen LogP contribution in [0.2, 0.25) is 0 Å². The SMILES string of the molecule is Cc1cc(C(=O)O)cc(S(=O)(=O)NCCS(C)(=O)=O)c1Br. The third-order valence-electron chi connectivity index (χ3n) is 2.52. The Morgan fingerprint density at radius 2 is 1.86 bits per heavy atom. The summed E-state index contributed by atoms with van der Waals surface area (Å²) in [6.07, 6.45) is 0.992. The van der Waals surface area contributed by atoms with Gasteiger partial charge in [-0.3, -0.25) is 0 Å². The van der Waals surface area contributed by atoms with Gasteiger partial charge in [-0.25, -0.2) is 26.4 Å². The molecule has 0 aliphatic heterocycles. The quantitative estimate of drug-likeness (QED) is 0.729. The maximum Gasteiger partial charge on any atom is 0.335 e. The van der Waals surface area contributed by atoms with E-state index in [-0.39, 0.29) is 27.2 Å². The smallest absolute Gasteiger partial charge is 0.335 e. The van der Waals surface area contributed by atoms with E-state index >= 15 is 0 Å².